The molecule has 3 unspecified atom stereocenters. The molecule has 0 aliphatic carbocycles. The maximum Gasteiger partial charge on any atom is 0.156 e. The number of hydrogen-bond acceptors (Lipinski definition) is 18. The van der Waals surface area contributed by atoms with Gasteiger partial charge in [-0.05, 0) is 219 Å². The molecule has 18 heteroatoms. The molecule has 115 heavy (non-hydrogen) atoms. The van der Waals surface area contributed by atoms with Gasteiger partial charge in [0.15, 0.2) is 34.7 Å². The average Bonchev–Trinajstić information content (AvgIpc) is 0.798. The second kappa shape index (κ2) is 48.5. The van der Waals surface area contributed by atoms with E-state index in [1.54, 1.807) is 0 Å². The van der Waals surface area contributed by atoms with Gasteiger partial charge in [0, 0.05) is 111 Å². The van der Waals surface area contributed by atoms with Gasteiger partial charge in [-0.15, -0.1) is 23.5 Å². The summed E-state index contributed by atoms with van der Waals surface area (Å²) in [6.45, 7) is 118. The molecule has 0 heterocycles. The van der Waals surface area contributed by atoms with E-state index in [0.717, 1.165) is 63.1 Å². The third-order valence-corrected chi connectivity index (χ3v) is 22.0. The molecule has 0 aliphatic heterocycles. The predicted octanol–water partition coefficient (Wildman–Crippen LogP) is 23.8. The van der Waals surface area contributed by atoms with Gasteiger partial charge in [0.2, 0.25) is 0 Å². The quantitative estimate of drug-likeness (QED) is 0.0316. The van der Waals surface area contributed by atoms with Crippen molar-refractivity contribution in [2.45, 2.75) is 523 Å². The smallest absolute Gasteiger partial charge is 0.156 e. The lowest BCUT2D eigenvalue weighted by Crippen LogP contribution is -2.59. The van der Waals surface area contributed by atoms with Crippen molar-refractivity contribution in [2.75, 3.05) is 31.6 Å². The molecule has 14 nitrogen and oxygen atoms in total. The van der Waals surface area contributed by atoms with Crippen LogP contribution in [0.3, 0.4) is 0 Å². The van der Waals surface area contributed by atoms with Crippen LogP contribution in [-0.4, -0.2) is 170 Å². The predicted molar refractivity (Wildman–Crippen MR) is 523 cm³/mol. The Morgan fingerprint density at radius 1 is 0.235 bits per heavy atom. The first-order chi connectivity index (χ1) is 49.7. The molecule has 0 aromatic heterocycles. The van der Waals surface area contributed by atoms with Crippen LogP contribution >= 0.6 is 47.0 Å². The summed E-state index contributed by atoms with van der Waals surface area (Å²) in [6.07, 6.45) is 6.18. The highest BCUT2D eigenvalue weighted by Gasteiger charge is 2.45. The van der Waals surface area contributed by atoms with Gasteiger partial charge in [-0.25, -0.2) is 0 Å². The third-order valence-electron chi connectivity index (χ3n) is 16.6. The molecule has 0 radical (unpaired) electrons. The zero-order valence-corrected chi connectivity index (χ0v) is 90.4. The van der Waals surface area contributed by atoms with Gasteiger partial charge >= 0.3 is 0 Å². The lowest BCUT2D eigenvalue weighted by atomic mass is 9.81. The highest BCUT2D eigenvalue weighted by Crippen LogP contribution is 2.42. The fourth-order valence-electron chi connectivity index (χ4n) is 12.0. The van der Waals surface area contributed by atoms with Crippen LogP contribution in [0.4, 0.5) is 0 Å². The number of nitrogens with one attached hydrogen (secondary N) is 8. The Kier molecular flexibility index (Phi) is 52.7. The van der Waals surface area contributed by atoms with Gasteiger partial charge in [0.25, 0.3) is 0 Å². The minimum atomic E-state index is -0.335. The first-order valence-electron chi connectivity index (χ1n) is 43.7. The van der Waals surface area contributed by atoms with Gasteiger partial charge in [-0.3, -0.25) is 28.8 Å². The molecule has 690 valence electrons. The molecule has 0 aromatic rings. The number of Topliss-reactive ketones (excluding diaryl/α,β-unsaturated/α-hetero) is 6. The second-order valence-electron chi connectivity index (χ2n) is 50.8. The molecule has 0 saturated carbocycles. The lowest BCUT2D eigenvalue weighted by molar-refractivity contribution is -0.130. The Morgan fingerprint density at radius 3 is 0.617 bits per heavy atom. The van der Waals surface area contributed by atoms with Gasteiger partial charge in [0.05, 0.1) is 36.3 Å². The maximum atomic E-state index is 12.9. The monoisotopic (exact) mass is 1700 g/mol. The molecule has 0 aliphatic rings. The Bertz CT molecular complexity index is 2660. The van der Waals surface area contributed by atoms with E-state index in [-0.39, 0.29) is 148 Å². The molecule has 0 spiro atoms. The highest BCUT2D eigenvalue weighted by atomic mass is 32.2. The lowest BCUT2D eigenvalue weighted by Gasteiger charge is -2.43. The van der Waals surface area contributed by atoms with Crippen molar-refractivity contribution in [2.24, 2.45) is 32.5 Å². The topological polar surface area (TPSA) is 199 Å². The van der Waals surface area contributed by atoms with E-state index in [9.17, 15) is 28.8 Å². The molecule has 8 N–H and O–H groups in total. The third kappa shape index (κ3) is 71.1. The Labute approximate surface area is 735 Å². The zero-order valence-electron chi connectivity index (χ0n) is 87.1. The van der Waals surface area contributed by atoms with Gasteiger partial charge in [-0.2, -0.15) is 23.5 Å². The van der Waals surface area contributed by atoms with Crippen LogP contribution in [0, 0.1) is 32.5 Å². The molecule has 0 rings (SSSR count). The summed E-state index contributed by atoms with van der Waals surface area (Å²) in [7, 11) is 1.87. The van der Waals surface area contributed by atoms with E-state index in [2.05, 4.69) is 299 Å². The van der Waals surface area contributed by atoms with Crippen molar-refractivity contribution in [3.8, 4) is 0 Å². The van der Waals surface area contributed by atoms with E-state index >= 15 is 0 Å². The number of likely N-dealkylation sites (N-methyl/N-ethyl adjacent to an activating group) is 1. The number of rotatable bonds is 30. The molecule has 0 amide bonds. The average molecular weight is 1710 g/mol. The van der Waals surface area contributed by atoms with Crippen molar-refractivity contribution >= 4 is 81.7 Å². The van der Waals surface area contributed by atoms with Crippen LogP contribution in [-0.2, 0) is 28.8 Å². The van der Waals surface area contributed by atoms with Crippen LogP contribution in [0.5, 0.6) is 0 Å². The molecule has 6 atom stereocenters. The zero-order chi connectivity index (χ0) is 94.0. The summed E-state index contributed by atoms with van der Waals surface area (Å²) < 4.78 is 0.384. The van der Waals surface area contributed by atoms with Gasteiger partial charge in [0.1, 0.15) is 0 Å². The van der Waals surface area contributed by atoms with E-state index in [0.29, 0.717) is 23.1 Å². The summed E-state index contributed by atoms with van der Waals surface area (Å²) in [5.41, 5.74) is -1.67. The Hall–Kier alpha value is -0.900. The van der Waals surface area contributed by atoms with Crippen LogP contribution in [0.15, 0.2) is 0 Å². The second-order valence-corrected chi connectivity index (χ2v) is 59.5. The summed E-state index contributed by atoms with van der Waals surface area (Å²) in [5.74, 6) is 3.47. The number of carbonyl (C=O) groups is 6. The van der Waals surface area contributed by atoms with E-state index in [4.69, 9.17) is 0 Å². The minimum absolute atomic E-state index is 0.0325. The van der Waals surface area contributed by atoms with Gasteiger partial charge < -0.3 is 42.5 Å². The molecule has 0 aromatic carbocycles. The van der Waals surface area contributed by atoms with E-state index in [1.165, 1.54) is 0 Å². The molecule has 0 fully saturated rings. The van der Waals surface area contributed by atoms with Crippen molar-refractivity contribution in [3.05, 3.63) is 0 Å². The number of ketones is 6. The van der Waals surface area contributed by atoms with Crippen molar-refractivity contribution in [1.82, 2.24) is 42.5 Å². The van der Waals surface area contributed by atoms with Crippen LogP contribution in [0.1, 0.15) is 419 Å². The standard InChI is InChI=1S/2C18H38N2O.C17H35NOS.2C15H31NOS.C14H29NOS/c2*1-16(2,3)15(21)14(20-18(7,8)9)12-10-11-13-19-17(4,5)6;1-14(2,3)13(19)12(18-15(4,5)6)17(10,11)20-16(7,8)9;2*1-13(2,3)12(17)11(16-14(4,5)6)10-18-15(7,8)9;1-12(2,3)11(16)10(15-9)14(7,8)17-13(4,5)6/h2*14,19-20H,10-13H2,1-9H3;12,18H,1-11H3;2*11,16H,10H2,1-9H3;10,15H,1-9H3/t14-;;12-;11-;;/m0.01../s1. The van der Waals surface area contributed by atoms with Crippen LogP contribution in [0.25, 0.3) is 0 Å². The van der Waals surface area contributed by atoms with E-state index in [1.807, 2.05) is 179 Å². The van der Waals surface area contributed by atoms with Gasteiger partial charge in [-0.1, -0.05) is 221 Å². The van der Waals surface area contributed by atoms with Crippen molar-refractivity contribution < 1.29 is 28.8 Å². The normalized spacial score (nSPS) is 15.5. The molecule has 0 saturated heterocycles. The largest absolute Gasteiger partial charge is 0.312 e. The highest BCUT2D eigenvalue weighted by molar-refractivity contribution is 8.02. The first-order valence-corrected chi connectivity index (χ1v) is 47.3. The summed E-state index contributed by atoms with van der Waals surface area (Å²) in [6, 6.07) is -0.513. The number of unbranched alkanes of at least 4 members (excludes halogenated alkanes) is 2. The molecular formula is C97H202N8O6S4. The number of thioether (sulfide) groups is 4. The minimum Gasteiger partial charge on any atom is -0.312 e. The Morgan fingerprint density at radius 2 is 0.435 bits per heavy atom. The van der Waals surface area contributed by atoms with Crippen molar-refractivity contribution in [3.63, 3.8) is 0 Å². The fourth-order valence-corrected chi connectivity index (χ4v) is 17.6. The van der Waals surface area contributed by atoms with Crippen molar-refractivity contribution in [1.29, 1.82) is 0 Å². The summed E-state index contributed by atoms with van der Waals surface area (Å²) in [5, 5.41) is 27.7. The maximum absolute atomic E-state index is 12.9. The van der Waals surface area contributed by atoms with Crippen LogP contribution in [0.2, 0.25) is 0 Å². The molecular weight excluding hydrogens is 1500 g/mol. The Balaban J connectivity index is -0.000000310. The SMILES string of the molecule is CC(C)(C)NC(CSC(C)(C)C)C(=O)C(C)(C)C.CC(C)(C)NCCCCC(NC(C)(C)C)C(=O)C(C)(C)C.CC(C)(C)NCCCC[C@H](NC(C)(C)C)C(=O)C(C)(C)C.CC(C)(C)N[C@@H](C(=O)C(C)(C)C)C(C)(C)SC(C)(C)C.CC(C)(C)N[C@H](CSC(C)(C)C)C(=O)C(C)(C)C.CNC(C(=O)C(C)(C)C)C(C)(C)SC(C)(C)C. The number of hydrogen-bond donors (Lipinski definition) is 8. The fraction of sp³-hybridized carbons (Fsp3) is 0.938. The van der Waals surface area contributed by atoms with Crippen LogP contribution < -0.4 is 42.5 Å². The van der Waals surface area contributed by atoms with E-state index < -0.39 is 0 Å². The summed E-state index contributed by atoms with van der Waals surface area (Å²) >= 11 is 7.41. The molecule has 0 bridgehead atoms. The summed E-state index contributed by atoms with van der Waals surface area (Å²) in [4.78, 5) is 75.5. The number of carbonyl (C=O) groups excluding carboxylic acids is 6. The first kappa shape index (κ1) is 125.